The van der Waals surface area contributed by atoms with E-state index in [1.165, 1.54) is 36.0 Å². The van der Waals surface area contributed by atoms with Crippen molar-refractivity contribution in [1.82, 2.24) is 4.90 Å². The first-order chi connectivity index (χ1) is 9.56. The number of anilines is 1. The molecule has 1 saturated heterocycles. The van der Waals surface area contributed by atoms with E-state index in [4.69, 9.17) is 5.11 Å². The molecule has 7 heteroatoms. The molecule has 0 unspecified atom stereocenters. The van der Waals surface area contributed by atoms with Gasteiger partial charge in [-0.3, -0.25) is 9.59 Å². The quantitative estimate of drug-likeness (QED) is 0.866. The maximum atomic E-state index is 11.7. The van der Waals surface area contributed by atoms with Crippen molar-refractivity contribution in [1.29, 1.82) is 0 Å². The molecule has 1 heterocycles. The van der Waals surface area contributed by atoms with Crippen molar-refractivity contribution in [3.63, 3.8) is 0 Å². The second kappa shape index (κ2) is 6.42. The van der Waals surface area contributed by atoms with Gasteiger partial charge >= 0.3 is 5.97 Å². The average Bonchev–Trinajstić information content (AvgIpc) is 2.82. The smallest absolute Gasteiger partial charge is 0.335 e. The average molecular weight is 294 g/mol. The number of carbonyl (C=O) groups is 3. The molecule has 2 N–H and O–H groups in total. The topological polar surface area (TPSA) is 86.7 Å². The summed E-state index contributed by atoms with van der Waals surface area (Å²) in [4.78, 5) is 35.4. The highest BCUT2D eigenvalue weighted by atomic mass is 32.2. The van der Waals surface area contributed by atoms with Crippen molar-refractivity contribution in [3.8, 4) is 0 Å². The van der Waals surface area contributed by atoms with Gasteiger partial charge in [-0.15, -0.1) is 0 Å². The zero-order valence-corrected chi connectivity index (χ0v) is 11.5. The van der Waals surface area contributed by atoms with Crippen molar-refractivity contribution in [3.05, 3.63) is 29.8 Å². The molecule has 106 valence electrons. The number of hydrogen-bond acceptors (Lipinski definition) is 4. The van der Waals surface area contributed by atoms with Crippen molar-refractivity contribution in [2.75, 3.05) is 24.2 Å². The minimum absolute atomic E-state index is 0.0172. The highest BCUT2D eigenvalue weighted by Crippen LogP contribution is 2.17. The number of nitrogens with one attached hydrogen (secondary N) is 1. The molecule has 1 fully saturated rings. The number of rotatable bonds is 5. The van der Waals surface area contributed by atoms with Crippen LogP contribution in [0.3, 0.4) is 0 Å². The van der Waals surface area contributed by atoms with Gasteiger partial charge in [0.1, 0.15) is 0 Å². The highest BCUT2D eigenvalue weighted by Gasteiger charge is 2.21. The van der Waals surface area contributed by atoms with Gasteiger partial charge in [0.15, 0.2) is 0 Å². The molecule has 1 aromatic carbocycles. The minimum atomic E-state index is -1.01. The third kappa shape index (κ3) is 3.74. The van der Waals surface area contributed by atoms with E-state index in [0.717, 1.165) is 5.75 Å². The lowest BCUT2D eigenvalue weighted by Gasteiger charge is -2.13. The minimum Gasteiger partial charge on any atom is -0.478 e. The fourth-order valence-corrected chi connectivity index (χ4v) is 2.64. The number of carboxylic acids is 1. The Bertz CT molecular complexity index is 530. The summed E-state index contributed by atoms with van der Waals surface area (Å²) < 4.78 is 0. The molecule has 0 aromatic heterocycles. The molecule has 0 bridgehead atoms. The Morgan fingerprint density at radius 3 is 2.55 bits per heavy atom. The molecule has 2 amide bonds. The van der Waals surface area contributed by atoms with Gasteiger partial charge in [-0.05, 0) is 24.3 Å². The second-order valence-electron chi connectivity index (χ2n) is 4.28. The molecule has 2 rings (SSSR count). The van der Waals surface area contributed by atoms with Crippen LogP contribution in [0, 0.1) is 0 Å². The van der Waals surface area contributed by atoms with Crippen LogP contribution in [0.5, 0.6) is 0 Å². The molecular weight excluding hydrogens is 280 g/mol. The number of amides is 2. The summed E-state index contributed by atoms with van der Waals surface area (Å²) in [5.74, 6) is -0.428. The Morgan fingerprint density at radius 1 is 1.30 bits per heavy atom. The SMILES string of the molecule is O=C(CCN1CCSC1=O)Nc1ccc(C(=O)O)cc1. The number of hydrogen-bond donors (Lipinski definition) is 2. The molecule has 1 aliphatic rings. The van der Waals surface area contributed by atoms with Gasteiger partial charge in [0.05, 0.1) is 5.56 Å². The lowest BCUT2D eigenvalue weighted by molar-refractivity contribution is -0.116. The van der Waals surface area contributed by atoms with Gasteiger partial charge in [-0.25, -0.2) is 4.79 Å². The Morgan fingerprint density at radius 2 is 2.00 bits per heavy atom. The second-order valence-corrected chi connectivity index (χ2v) is 5.33. The molecule has 6 nitrogen and oxygen atoms in total. The lowest BCUT2D eigenvalue weighted by atomic mass is 10.2. The van der Waals surface area contributed by atoms with Crippen molar-refractivity contribution < 1.29 is 19.5 Å². The van der Waals surface area contributed by atoms with Crippen LogP contribution in [-0.2, 0) is 4.79 Å². The van der Waals surface area contributed by atoms with Crippen LogP contribution in [0.2, 0.25) is 0 Å². The number of aromatic carboxylic acids is 1. The maximum Gasteiger partial charge on any atom is 0.335 e. The molecule has 0 atom stereocenters. The van der Waals surface area contributed by atoms with Crippen LogP contribution >= 0.6 is 11.8 Å². The molecule has 1 aromatic rings. The first kappa shape index (κ1) is 14.4. The Balaban J connectivity index is 1.82. The standard InChI is InChI=1S/C13H14N2O4S/c16-11(5-6-15-7-8-20-13(15)19)14-10-3-1-9(2-4-10)12(17)18/h1-4H,5-8H2,(H,14,16)(H,17,18). The first-order valence-electron chi connectivity index (χ1n) is 6.11. The molecule has 0 radical (unpaired) electrons. The zero-order chi connectivity index (χ0) is 14.5. The summed E-state index contributed by atoms with van der Waals surface area (Å²) in [5, 5.41) is 11.4. The third-order valence-corrected chi connectivity index (χ3v) is 3.76. The highest BCUT2D eigenvalue weighted by molar-refractivity contribution is 8.13. The molecule has 1 aliphatic heterocycles. The van der Waals surface area contributed by atoms with E-state index in [0.29, 0.717) is 18.8 Å². The Kier molecular flexibility index (Phi) is 4.62. The van der Waals surface area contributed by atoms with Crippen molar-refractivity contribution >= 4 is 34.6 Å². The van der Waals surface area contributed by atoms with Gasteiger partial charge in [-0.1, -0.05) is 11.8 Å². The van der Waals surface area contributed by atoms with E-state index in [1.807, 2.05) is 0 Å². The van der Waals surface area contributed by atoms with E-state index in [1.54, 1.807) is 4.90 Å². The van der Waals surface area contributed by atoms with E-state index in [-0.39, 0.29) is 23.1 Å². The van der Waals surface area contributed by atoms with Crippen molar-refractivity contribution in [2.45, 2.75) is 6.42 Å². The number of nitrogens with zero attached hydrogens (tertiary/aromatic N) is 1. The zero-order valence-electron chi connectivity index (χ0n) is 10.7. The molecule has 0 saturated carbocycles. The lowest BCUT2D eigenvalue weighted by Crippen LogP contribution is -2.27. The van der Waals surface area contributed by atoms with Crippen LogP contribution in [0.25, 0.3) is 0 Å². The monoisotopic (exact) mass is 294 g/mol. The van der Waals surface area contributed by atoms with Crippen LogP contribution in [0.15, 0.2) is 24.3 Å². The Hall–Kier alpha value is -2.02. The predicted molar refractivity (Wildman–Crippen MR) is 76.1 cm³/mol. The van der Waals surface area contributed by atoms with Crippen molar-refractivity contribution in [2.24, 2.45) is 0 Å². The van der Waals surface area contributed by atoms with E-state index < -0.39 is 5.97 Å². The molecular formula is C13H14N2O4S. The van der Waals surface area contributed by atoms with Crippen LogP contribution in [0.4, 0.5) is 10.5 Å². The van der Waals surface area contributed by atoms with Gasteiger partial charge in [0, 0.05) is 31.0 Å². The molecule has 20 heavy (non-hydrogen) atoms. The third-order valence-electron chi connectivity index (χ3n) is 2.87. The van der Waals surface area contributed by atoms with Gasteiger partial charge < -0.3 is 15.3 Å². The van der Waals surface area contributed by atoms with E-state index >= 15 is 0 Å². The van der Waals surface area contributed by atoms with Crippen LogP contribution in [-0.4, -0.2) is 46.0 Å². The Labute approximate surface area is 120 Å². The fraction of sp³-hybridized carbons (Fsp3) is 0.308. The summed E-state index contributed by atoms with van der Waals surface area (Å²) in [6.45, 7) is 1.09. The molecule has 0 aliphatic carbocycles. The largest absolute Gasteiger partial charge is 0.478 e. The predicted octanol–water partition coefficient (Wildman–Crippen LogP) is 1.88. The number of carboxylic acid groups (broad SMARTS) is 1. The first-order valence-corrected chi connectivity index (χ1v) is 7.10. The summed E-state index contributed by atoms with van der Waals surface area (Å²) in [6.07, 6.45) is 0.229. The molecule has 0 spiro atoms. The maximum absolute atomic E-state index is 11.7. The summed E-state index contributed by atoms with van der Waals surface area (Å²) in [7, 11) is 0. The number of carbonyl (C=O) groups excluding carboxylic acids is 2. The number of thioether (sulfide) groups is 1. The summed E-state index contributed by atoms with van der Waals surface area (Å²) in [6, 6.07) is 5.94. The van der Waals surface area contributed by atoms with Crippen LogP contribution in [0.1, 0.15) is 16.8 Å². The van der Waals surface area contributed by atoms with Gasteiger partial charge in [0.25, 0.3) is 5.24 Å². The van der Waals surface area contributed by atoms with E-state index in [2.05, 4.69) is 5.32 Å². The summed E-state index contributed by atoms with van der Waals surface area (Å²) >= 11 is 1.26. The summed E-state index contributed by atoms with van der Waals surface area (Å²) in [5.41, 5.74) is 0.713. The van der Waals surface area contributed by atoms with E-state index in [9.17, 15) is 14.4 Å². The number of benzene rings is 1. The van der Waals surface area contributed by atoms with Gasteiger partial charge in [-0.2, -0.15) is 0 Å². The fourth-order valence-electron chi connectivity index (χ4n) is 1.78. The van der Waals surface area contributed by atoms with Gasteiger partial charge in [0.2, 0.25) is 5.91 Å². The van der Waals surface area contributed by atoms with Crippen LogP contribution < -0.4 is 5.32 Å². The normalized spacial score (nSPS) is 14.4.